The summed E-state index contributed by atoms with van der Waals surface area (Å²) in [6.07, 6.45) is 2.60. The molecule has 1 aliphatic rings. The van der Waals surface area contributed by atoms with Gasteiger partial charge in [0, 0.05) is 12.0 Å². The summed E-state index contributed by atoms with van der Waals surface area (Å²) in [7, 11) is 3.74. The Balaban J connectivity index is 2.01. The van der Waals surface area contributed by atoms with Crippen LogP contribution in [0.3, 0.4) is 0 Å². The van der Waals surface area contributed by atoms with Crippen molar-refractivity contribution in [3.63, 3.8) is 0 Å². The summed E-state index contributed by atoms with van der Waals surface area (Å²) in [4.78, 5) is 0. The highest BCUT2D eigenvalue weighted by Crippen LogP contribution is 2.48. The van der Waals surface area contributed by atoms with E-state index in [4.69, 9.17) is 4.74 Å². The normalized spacial score (nSPS) is 16.8. The van der Waals surface area contributed by atoms with Crippen molar-refractivity contribution >= 4 is 10.8 Å². The average molecular weight is 241 g/mol. The number of hydrogen-bond donors (Lipinski definition) is 1. The van der Waals surface area contributed by atoms with Crippen LogP contribution in [0.25, 0.3) is 10.8 Å². The van der Waals surface area contributed by atoms with E-state index in [1.807, 2.05) is 13.1 Å². The van der Waals surface area contributed by atoms with Crippen molar-refractivity contribution < 1.29 is 4.74 Å². The fraction of sp³-hybridized carbons (Fsp3) is 0.375. The Morgan fingerprint density at radius 2 is 1.83 bits per heavy atom. The van der Waals surface area contributed by atoms with E-state index in [1.54, 1.807) is 7.11 Å². The Morgan fingerprint density at radius 3 is 2.50 bits per heavy atom. The lowest BCUT2D eigenvalue weighted by atomic mass is 9.93. The number of fused-ring (bicyclic) bond motifs is 1. The molecule has 1 aliphatic carbocycles. The fourth-order valence-electron chi connectivity index (χ4n) is 2.74. The van der Waals surface area contributed by atoms with E-state index in [0.717, 1.165) is 12.3 Å². The molecule has 2 aromatic carbocycles. The summed E-state index contributed by atoms with van der Waals surface area (Å²) in [5.74, 6) is 0.923. The van der Waals surface area contributed by atoms with Crippen LogP contribution in [-0.4, -0.2) is 20.7 Å². The quantitative estimate of drug-likeness (QED) is 0.888. The standard InChI is InChI=1S/C16H19NO/c1-17-11-16(7-8-16)14-5-3-13-10-15(18-2)6-4-12(13)9-14/h3-6,9-10,17H,7-8,11H2,1-2H3. The van der Waals surface area contributed by atoms with Crippen molar-refractivity contribution in [2.45, 2.75) is 18.3 Å². The number of hydrogen-bond acceptors (Lipinski definition) is 2. The zero-order valence-electron chi connectivity index (χ0n) is 11.0. The second-order valence-corrected chi connectivity index (χ2v) is 5.24. The Hall–Kier alpha value is -1.54. The van der Waals surface area contributed by atoms with Gasteiger partial charge in [-0.1, -0.05) is 24.3 Å². The van der Waals surface area contributed by atoms with Gasteiger partial charge < -0.3 is 10.1 Å². The Bertz CT molecular complexity index is 572. The first-order chi connectivity index (χ1) is 8.77. The van der Waals surface area contributed by atoms with Crippen LogP contribution < -0.4 is 10.1 Å². The van der Waals surface area contributed by atoms with E-state index < -0.39 is 0 Å². The maximum atomic E-state index is 5.26. The first kappa shape index (κ1) is 11.5. The largest absolute Gasteiger partial charge is 0.497 e. The first-order valence-electron chi connectivity index (χ1n) is 6.50. The molecule has 1 saturated carbocycles. The van der Waals surface area contributed by atoms with Gasteiger partial charge in [-0.3, -0.25) is 0 Å². The van der Waals surface area contributed by atoms with E-state index >= 15 is 0 Å². The summed E-state index contributed by atoms with van der Waals surface area (Å²) in [5, 5.41) is 5.87. The zero-order chi connectivity index (χ0) is 12.6. The molecule has 3 rings (SSSR count). The Morgan fingerprint density at radius 1 is 1.11 bits per heavy atom. The molecular formula is C16H19NO. The molecule has 0 bridgehead atoms. The molecular weight excluding hydrogens is 222 g/mol. The van der Waals surface area contributed by atoms with Gasteiger partial charge >= 0.3 is 0 Å². The lowest BCUT2D eigenvalue weighted by molar-refractivity contribution is 0.415. The third-order valence-electron chi connectivity index (χ3n) is 4.03. The van der Waals surface area contributed by atoms with Gasteiger partial charge in [-0.05, 0) is 48.4 Å². The summed E-state index contributed by atoms with van der Waals surface area (Å²) in [6.45, 7) is 1.08. The number of rotatable bonds is 4. The van der Waals surface area contributed by atoms with Crippen LogP contribution in [0, 0.1) is 0 Å². The topological polar surface area (TPSA) is 21.3 Å². The van der Waals surface area contributed by atoms with Gasteiger partial charge in [0.05, 0.1) is 7.11 Å². The number of likely N-dealkylation sites (N-methyl/N-ethyl adjacent to an activating group) is 1. The van der Waals surface area contributed by atoms with Crippen molar-refractivity contribution in [3.8, 4) is 5.75 Å². The number of ether oxygens (including phenoxy) is 1. The van der Waals surface area contributed by atoms with Crippen molar-refractivity contribution in [1.29, 1.82) is 0 Å². The van der Waals surface area contributed by atoms with E-state index in [2.05, 4.69) is 35.6 Å². The molecule has 2 heteroatoms. The van der Waals surface area contributed by atoms with Crippen LogP contribution in [0.4, 0.5) is 0 Å². The smallest absolute Gasteiger partial charge is 0.119 e. The fourth-order valence-corrected chi connectivity index (χ4v) is 2.74. The average Bonchev–Trinajstić information content (AvgIpc) is 3.19. The van der Waals surface area contributed by atoms with Crippen molar-refractivity contribution in [3.05, 3.63) is 42.0 Å². The Labute approximate surface area is 108 Å². The zero-order valence-corrected chi connectivity index (χ0v) is 11.0. The molecule has 0 aliphatic heterocycles. The van der Waals surface area contributed by atoms with Gasteiger partial charge in [-0.15, -0.1) is 0 Å². The van der Waals surface area contributed by atoms with E-state index in [-0.39, 0.29) is 0 Å². The van der Waals surface area contributed by atoms with Gasteiger partial charge in [0.1, 0.15) is 5.75 Å². The molecule has 0 aromatic heterocycles. The van der Waals surface area contributed by atoms with E-state index in [0.29, 0.717) is 5.41 Å². The molecule has 0 radical (unpaired) electrons. The summed E-state index contributed by atoms with van der Waals surface area (Å²) in [6, 6.07) is 13.1. The van der Waals surface area contributed by atoms with Crippen LogP contribution in [0.15, 0.2) is 36.4 Å². The molecule has 2 aromatic rings. The highest BCUT2D eigenvalue weighted by Gasteiger charge is 2.43. The SMILES string of the molecule is CNCC1(c2ccc3cc(OC)ccc3c2)CC1. The van der Waals surface area contributed by atoms with E-state index in [1.165, 1.54) is 29.2 Å². The highest BCUT2D eigenvalue weighted by molar-refractivity contribution is 5.85. The number of nitrogens with one attached hydrogen (secondary N) is 1. The van der Waals surface area contributed by atoms with Gasteiger partial charge in [0.25, 0.3) is 0 Å². The highest BCUT2D eigenvalue weighted by atomic mass is 16.5. The molecule has 0 saturated heterocycles. The maximum Gasteiger partial charge on any atom is 0.119 e. The Kier molecular flexibility index (Phi) is 2.75. The molecule has 0 atom stereocenters. The van der Waals surface area contributed by atoms with Crippen LogP contribution in [0.1, 0.15) is 18.4 Å². The lowest BCUT2D eigenvalue weighted by Gasteiger charge is -2.16. The minimum Gasteiger partial charge on any atom is -0.497 e. The predicted molar refractivity (Wildman–Crippen MR) is 75.3 cm³/mol. The molecule has 1 N–H and O–H groups in total. The van der Waals surface area contributed by atoms with Crippen molar-refractivity contribution in [2.24, 2.45) is 0 Å². The molecule has 94 valence electrons. The molecule has 0 amide bonds. The third-order valence-corrected chi connectivity index (χ3v) is 4.03. The van der Waals surface area contributed by atoms with Crippen LogP contribution in [0.2, 0.25) is 0 Å². The monoisotopic (exact) mass is 241 g/mol. The third kappa shape index (κ3) is 1.87. The van der Waals surface area contributed by atoms with Gasteiger partial charge in [0.15, 0.2) is 0 Å². The molecule has 1 fully saturated rings. The van der Waals surface area contributed by atoms with E-state index in [9.17, 15) is 0 Å². The van der Waals surface area contributed by atoms with Crippen molar-refractivity contribution in [1.82, 2.24) is 5.32 Å². The summed E-state index contributed by atoms with van der Waals surface area (Å²) >= 11 is 0. The summed E-state index contributed by atoms with van der Waals surface area (Å²) < 4.78 is 5.26. The molecule has 0 heterocycles. The van der Waals surface area contributed by atoms with Gasteiger partial charge in [-0.25, -0.2) is 0 Å². The second-order valence-electron chi connectivity index (χ2n) is 5.24. The molecule has 0 unspecified atom stereocenters. The van der Waals surface area contributed by atoms with Crippen molar-refractivity contribution in [2.75, 3.05) is 20.7 Å². The predicted octanol–water partition coefficient (Wildman–Crippen LogP) is 3.10. The van der Waals surface area contributed by atoms with Crippen LogP contribution in [-0.2, 0) is 5.41 Å². The van der Waals surface area contributed by atoms with Gasteiger partial charge in [-0.2, -0.15) is 0 Å². The molecule has 0 spiro atoms. The first-order valence-corrected chi connectivity index (χ1v) is 6.50. The minimum absolute atomic E-state index is 0.392. The number of benzene rings is 2. The van der Waals surface area contributed by atoms with Gasteiger partial charge in [0.2, 0.25) is 0 Å². The molecule has 2 nitrogen and oxygen atoms in total. The molecule has 18 heavy (non-hydrogen) atoms. The lowest BCUT2D eigenvalue weighted by Crippen LogP contribution is -2.23. The van der Waals surface area contributed by atoms with Crippen LogP contribution in [0.5, 0.6) is 5.75 Å². The summed E-state index contributed by atoms with van der Waals surface area (Å²) in [5.41, 5.74) is 1.86. The second kappa shape index (κ2) is 4.29. The van der Waals surface area contributed by atoms with Crippen LogP contribution >= 0.6 is 0 Å². The minimum atomic E-state index is 0.392. The number of methoxy groups -OCH3 is 1. The maximum absolute atomic E-state index is 5.26.